The molecule has 0 saturated heterocycles. The molecule has 0 aromatic carbocycles. The highest BCUT2D eigenvalue weighted by molar-refractivity contribution is 5.94. The molecule has 0 atom stereocenters. The smallest absolute Gasteiger partial charge is 0.253 e. The monoisotopic (exact) mass is 319 g/mol. The van der Waals surface area contributed by atoms with E-state index in [-0.39, 0.29) is 24.5 Å². The molecule has 1 amide bonds. The van der Waals surface area contributed by atoms with Crippen LogP contribution < -0.4 is 5.32 Å². The molecular weight excluding hydrogens is 298 g/mol. The number of carbonyl (C=O) groups excluding carboxylic acids is 1. The Bertz CT molecular complexity index is 646. The van der Waals surface area contributed by atoms with Gasteiger partial charge in [-0.2, -0.15) is 0 Å². The molecule has 1 fully saturated rings. The van der Waals surface area contributed by atoms with Crippen molar-refractivity contribution in [2.45, 2.75) is 38.0 Å². The molecule has 3 N–H and O–H groups in total. The van der Waals surface area contributed by atoms with Crippen molar-refractivity contribution in [2.24, 2.45) is 0 Å². The topological polar surface area (TPSA) is 105 Å². The van der Waals surface area contributed by atoms with Gasteiger partial charge in [0.1, 0.15) is 12.4 Å². The van der Waals surface area contributed by atoms with Crippen LogP contribution in [0.5, 0.6) is 0 Å². The zero-order valence-corrected chi connectivity index (χ0v) is 13.0. The van der Waals surface area contributed by atoms with Gasteiger partial charge in [0.25, 0.3) is 5.91 Å². The first-order chi connectivity index (χ1) is 11.2. The molecule has 0 bridgehead atoms. The van der Waals surface area contributed by atoms with Gasteiger partial charge < -0.3 is 24.7 Å². The molecule has 2 aromatic heterocycles. The highest BCUT2D eigenvalue weighted by Crippen LogP contribution is 2.36. The molecule has 0 aliphatic heterocycles. The SMILES string of the molecule is COCCn1c(CO)nnc1C1CC(NC(=O)c2cc[nH]c2)C1. The summed E-state index contributed by atoms with van der Waals surface area (Å²) in [6.07, 6.45) is 5.06. The second-order valence-electron chi connectivity index (χ2n) is 5.72. The first-order valence-electron chi connectivity index (χ1n) is 7.68. The molecule has 124 valence electrons. The Morgan fingerprint density at radius 2 is 2.35 bits per heavy atom. The molecule has 23 heavy (non-hydrogen) atoms. The number of nitrogens with one attached hydrogen (secondary N) is 2. The summed E-state index contributed by atoms with van der Waals surface area (Å²) >= 11 is 0. The van der Waals surface area contributed by atoms with Crippen LogP contribution in [0.3, 0.4) is 0 Å². The van der Waals surface area contributed by atoms with E-state index < -0.39 is 0 Å². The zero-order valence-electron chi connectivity index (χ0n) is 13.0. The fourth-order valence-electron chi connectivity index (χ4n) is 2.87. The van der Waals surface area contributed by atoms with E-state index in [1.165, 1.54) is 0 Å². The Labute approximate surface area is 133 Å². The van der Waals surface area contributed by atoms with Crippen molar-refractivity contribution in [1.29, 1.82) is 0 Å². The minimum Gasteiger partial charge on any atom is -0.388 e. The number of aromatic amines is 1. The molecule has 0 radical (unpaired) electrons. The number of aliphatic hydroxyl groups excluding tert-OH is 1. The number of methoxy groups -OCH3 is 1. The number of carbonyl (C=O) groups is 1. The van der Waals surface area contributed by atoms with Gasteiger partial charge in [-0.3, -0.25) is 4.79 Å². The molecular formula is C15H21N5O3. The fourth-order valence-corrected chi connectivity index (χ4v) is 2.87. The van der Waals surface area contributed by atoms with Crippen molar-refractivity contribution in [3.8, 4) is 0 Å². The highest BCUT2D eigenvalue weighted by Gasteiger charge is 2.35. The van der Waals surface area contributed by atoms with Gasteiger partial charge in [-0.1, -0.05) is 0 Å². The largest absolute Gasteiger partial charge is 0.388 e. The first kappa shape index (κ1) is 15.7. The van der Waals surface area contributed by atoms with Crippen LogP contribution in [0.1, 0.15) is 40.8 Å². The fraction of sp³-hybridized carbons (Fsp3) is 0.533. The lowest BCUT2D eigenvalue weighted by molar-refractivity contribution is 0.0906. The lowest BCUT2D eigenvalue weighted by Crippen LogP contribution is -2.44. The second-order valence-corrected chi connectivity index (χ2v) is 5.72. The van der Waals surface area contributed by atoms with E-state index in [0.717, 1.165) is 18.7 Å². The summed E-state index contributed by atoms with van der Waals surface area (Å²) in [5.41, 5.74) is 0.638. The van der Waals surface area contributed by atoms with E-state index in [1.807, 2.05) is 4.57 Å². The average molecular weight is 319 g/mol. The van der Waals surface area contributed by atoms with Gasteiger partial charge in [0.05, 0.1) is 12.2 Å². The van der Waals surface area contributed by atoms with E-state index in [1.54, 1.807) is 25.6 Å². The summed E-state index contributed by atoms with van der Waals surface area (Å²) in [5.74, 6) is 1.60. The number of rotatable bonds is 7. The maximum Gasteiger partial charge on any atom is 0.253 e. The molecule has 8 nitrogen and oxygen atoms in total. The molecule has 8 heteroatoms. The van der Waals surface area contributed by atoms with Crippen molar-refractivity contribution in [3.63, 3.8) is 0 Å². The van der Waals surface area contributed by atoms with E-state index in [4.69, 9.17) is 4.74 Å². The van der Waals surface area contributed by atoms with Gasteiger partial charge in [-0.05, 0) is 18.9 Å². The lowest BCUT2D eigenvalue weighted by Gasteiger charge is -2.35. The van der Waals surface area contributed by atoms with Crippen LogP contribution in [0.15, 0.2) is 18.5 Å². The van der Waals surface area contributed by atoms with Crippen molar-refractivity contribution in [3.05, 3.63) is 35.7 Å². The highest BCUT2D eigenvalue weighted by atomic mass is 16.5. The zero-order chi connectivity index (χ0) is 16.2. The summed E-state index contributed by atoms with van der Waals surface area (Å²) in [7, 11) is 1.64. The maximum atomic E-state index is 12.0. The molecule has 0 spiro atoms. The Morgan fingerprint density at radius 3 is 3.00 bits per heavy atom. The van der Waals surface area contributed by atoms with Crippen LogP contribution in [-0.4, -0.2) is 50.5 Å². The average Bonchev–Trinajstić information content (AvgIpc) is 3.17. The third-order valence-electron chi connectivity index (χ3n) is 4.22. The minimum absolute atomic E-state index is 0.0633. The minimum atomic E-state index is -0.142. The van der Waals surface area contributed by atoms with Crippen LogP contribution in [-0.2, 0) is 17.9 Å². The molecule has 3 rings (SSSR count). The molecule has 1 aliphatic rings. The van der Waals surface area contributed by atoms with Gasteiger partial charge in [-0.15, -0.1) is 10.2 Å². The molecule has 1 aliphatic carbocycles. The number of nitrogens with zero attached hydrogens (tertiary/aromatic N) is 3. The summed E-state index contributed by atoms with van der Waals surface area (Å²) in [5, 5.41) is 20.6. The maximum absolute atomic E-state index is 12.0. The van der Waals surface area contributed by atoms with E-state index in [9.17, 15) is 9.90 Å². The van der Waals surface area contributed by atoms with E-state index in [0.29, 0.717) is 24.5 Å². The third kappa shape index (κ3) is 3.27. The Hall–Kier alpha value is -2.19. The number of H-pyrrole nitrogens is 1. The van der Waals surface area contributed by atoms with Crippen LogP contribution in [0.2, 0.25) is 0 Å². The predicted octanol–water partition coefficient (Wildman–Crippen LogP) is 0.421. The van der Waals surface area contributed by atoms with E-state index >= 15 is 0 Å². The van der Waals surface area contributed by atoms with Crippen molar-refractivity contribution < 1.29 is 14.6 Å². The summed E-state index contributed by atoms with van der Waals surface area (Å²) in [4.78, 5) is 14.9. The molecule has 2 aromatic rings. The Morgan fingerprint density at radius 1 is 1.52 bits per heavy atom. The number of ether oxygens (including phenoxy) is 1. The van der Waals surface area contributed by atoms with Gasteiger partial charge in [-0.25, -0.2) is 0 Å². The number of hydrogen-bond donors (Lipinski definition) is 3. The van der Waals surface area contributed by atoms with Crippen LogP contribution in [0.25, 0.3) is 0 Å². The number of aliphatic hydroxyl groups is 1. The number of amides is 1. The number of aromatic nitrogens is 4. The molecule has 2 heterocycles. The van der Waals surface area contributed by atoms with Crippen LogP contribution in [0.4, 0.5) is 0 Å². The van der Waals surface area contributed by atoms with Crippen molar-refractivity contribution >= 4 is 5.91 Å². The summed E-state index contributed by atoms with van der Waals surface area (Å²) < 4.78 is 7.01. The standard InChI is InChI=1S/C15H21N5O3/c1-23-5-4-20-13(9-21)18-19-14(20)11-6-12(7-11)17-15(22)10-2-3-16-8-10/h2-3,8,11-12,16,21H,4-7,9H2,1H3,(H,17,22). The lowest BCUT2D eigenvalue weighted by atomic mass is 9.79. The second kappa shape index (κ2) is 6.93. The van der Waals surface area contributed by atoms with Gasteiger partial charge in [0.2, 0.25) is 0 Å². The van der Waals surface area contributed by atoms with Crippen molar-refractivity contribution in [1.82, 2.24) is 25.1 Å². The quantitative estimate of drug-likeness (QED) is 0.686. The summed E-state index contributed by atoms with van der Waals surface area (Å²) in [6.45, 7) is 1.01. The van der Waals surface area contributed by atoms with Gasteiger partial charge in [0.15, 0.2) is 5.82 Å². The third-order valence-corrected chi connectivity index (χ3v) is 4.22. The van der Waals surface area contributed by atoms with Crippen LogP contribution >= 0.6 is 0 Å². The first-order valence-corrected chi connectivity index (χ1v) is 7.68. The normalized spacial score (nSPS) is 20.3. The molecule has 1 saturated carbocycles. The van der Waals surface area contributed by atoms with Gasteiger partial charge in [0, 0.05) is 38.0 Å². The number of hydrogen-bond acceptors (Lipinski definition) is 5. The van der Waals surface area contributed by atoms with Crippen LogP contribution in [0, 0.1) is 0 Å². The van der Waals surface area contributed by atoms with Gasteiger partial charge >= 0.3 is 0 Å². The predicted molar refractivity (Wildman–Crippen MR) is 81.8 cm³/mol. The summed E-state index contributed by atoms with van der Waals surface area (Å²) in [6, 6.07) is 1.90. The van der Waals surface area contributed by atoms with E-state index in [2.05, 4.69) is 20.5 Å². The molecule has 0 unspecified atom stereocenters. The Kier molecular flexibility index (Phi) is 4.73. The van der Waals surface area contributed by atoms with Crippen molar-refractivity contribution in [2.75, 3.05) is 13.7 Å². The Balaban J connectivity index is 1.58.